The van der Waals surface area contributed by atoms with Crippen molar-refractivity contribution in [1.82, 2.24) is 4.90 Å². The zero-order valence-corrected chi connectivity index (χ0v) is 12.7. The molecular formula is C18H24N2O. The van der Waals surface area contributed by atoms with Crippen molar-refractivity contribution >= 4 is 10.8 Å². The molecule has 21 heavy (non-hydrogen) atoms. The molecule has 3 rings (SSSR count). The van der Waals surface area contributed by atoms with Crippen molar-refractivity contribution in [3.8, 4) is 0 Å². The summed E-state index contributed by atoms with van der Waals surface area (Å²) in [5.74, 6) is 0. The molecule has 1 saturated heterocycles. The van der Waals surface area contributed by atoms with Gasteiger partial charge in [-0.1, -0.05) is 42.5 Å². The minimum Gasteiger partial charge on any atom is -0.381 e. The van der Waals surface area contributed by atoms with E-state index >= 15 is 0 Å². The number of hydrogen-bond acceptors (Lipinski definition) is 3. The monoisotopic (exact) mass is 284 g/mol. The lowest BCUT2D eigenvalue weighted by molar-refractivity contribution is 0.0282. The number of piperidine rings is 1. The summed E-state index contributed by atoms with van der Waals surface area (Å²) in [6.45, 7) is 2.78. The zero-order valence-electron chi connectivity index (χ0n) is 12.7. The van der Waals surface area contributed by atoms with Crippen molar-refractivity contribution in [3.05, 3.63) is 48.0 Å². The van der Waals surface area contributed by atoms with Crippen molar-refractivity contribution in [2.45, 2.75) is 25.0 Å². The molecule has 1 aliphatic rings. The lowest BCUT2D eigenvalue weighted by Crippen LogP contribution is -2.41. The smallest absolute Gasteiger partial charge is 0.0595 e. The Morgan fingerprint density at radius 1 is 1.14 bits per heavy atom. The number of fused-ring (bicyclic) bond motifs is 1. The number of nitrogens with two attached hydrogens (primary N) is 1. The van der Waals surface area contributed by atoms with Crippen LogP contribution in [0.2, 0.25) is 0 Å². The van der Waals surface area contributed by atoms with Crippen LogP contribution in [0.3, 0.4) is 0 Å². The van der Waals surface area contributed by atoms with Gasteiger partial charge in [0.05, 0.1) is 6.10 Å². The van der Waals surface area contributed by atoms with Crippen LogP contribution in [0.4, 0.5) is 0 Å². The van der Waals surface area contributed by atoms with Gasteiger partial charge in [-0.3, -0.25) is 4.90 Å². The molecule has 1 unspecified atom stereocenters. The Morgan fingerprint density at radius 2 is 1.86 bits per heavy atom. The molecule has 1 aliphatic heterocycles. The van der Waals surface area contributed by atoms with E-state index in [9.17, 15) is 0 Å². The molecule has 0 spiro atoms. The van der Waals surface area contributed by atoms with Crippen LogP contribution in [-0.2, 0) is 4.74 Å². The Morgan fingerprint density at radius 3 is 2.57 bits per heavy atom. The molecular weight excluding hydrogens is 260 g/mol. The highest BCUT2D eigenvalue weighted by atomic mass is 16.5. The molecule has 112 valence electrons. The first-order chi connectivity index (χ1) is 10.3. The molecule has 0 saturated carbocycles. The van der Waals surface area contributed by atoms with Gasteiger partial charge in [-0.25, -0.2) is 0 Å². The molecule has 0 aromatic heterocycles. The summed E-state index contributed by atoms with van der Waals surface area (Å²) >= 11 is 0. The molecule has 0 amide bonds. The van der Waals surface area contributed by atoms with Crippen LogP contribution in [-0.4, -0.2) is 37.7 Å². The highest BCUT2D eigenvalue weighted by Crippen LogP contribution is 2.30. The Bertz CT molecular complexity index is 585. The highest BCUT2D eigenvalue weighted by molar-refractivity contribution is 5.86. The molecule has 1 fully saturated rings. The van der Waals surface area contributed by atoms with Gasteiger partial charge in [-0.2, -0.15) is 0 Å². The predicted octanol–water partition coefficient (Wildman–Crippen LogP) is 2.95. The Hall–Kier alpha value is -1.42. The third-order valence-corrected chi connectivity index (χ3v) is 4.66. The minimum atomic E-state index is 0.300. The molecule has 3 heteroatoms. The Labute approximate surface area is 126 Å². The predicted molar refractivity (Wildman–Crippen MR) is 87.3 cm³/mol. The standard InChI is InChI=1S/C18H24N2O/c1-21-15-9-11-20(12-10-15)18(13-19)17-8-4-6-14-5-2-3-7-16(14)17/h2-8,15,18H,9-13,19H2,1H3. The first-order valence-corrected chi connectivity index (χ1v) is 7.78. The van der Waals surface area contributed by atoms with Gasteiger partial charge in [0.1, 0.15) is 0 Å². The summed E-state index contributed by atoms with van der Waals surface area (Å²) in [4.78, 5) is 2.51. The summed E-state index contributed by atoms with van der Waals surface area (Å²) in [7, 11) is 1.81. The first kappa shape index (κ1) is 14.5. The van der Waals surface area contributed by atoms with E-state index in [1.807, 2.05) is 7.11 Å². The summed E-state index contributed by atoms with van der Waals surface area (Å²) in [5, 5.41) is 2.62. The average Bonchev–Trinajstić information content (AvgIpc) is 2.56. The summed E-state index contributed by atoms with van der Waals surface area (Å²) < 4.78 is 5.47. The number of hydrogen-bond donors (Lipinski definition) is 1. The van der Waals surface area contributed by atoms with E-state index in [0.29, 0.717) is 18.7 Å². The number of methoxy groups -OCH3 is 1. The van der Waals surface area contributed by atoms with Gasteiger partial charge in [0.15, 0.2) is 0 Å². The number of benzene rings is 2. The zero-order chi connectivity index (χ0) is 14.7. The molecule has 1 atom stereocenters. The number of rotatable bonds is 4. The lowest BCUT2D eigenvalue weighted by Gasteiger charge is -2.37. The maximum absolute atomic E-state index is 6.12. The molecule has 0 bridgehead atoms. The molecule has 2 aromatic carbocycles. The van der Waals surface area contributed by atoms with Gasteiger partial charge < -0.3 is 10.5 Å². The van der Waals surface area contributed by atoms with E-state index in [0.717, 1.165) is 25.9 Å². The van der Waals surface area contributed by atoms with Crippen LogP contribution in [0, 0.1) is 0 Å². The van der Waals surface area contributed by atoms with Crippen LogP contribution < -0.4 is 5.73 Å². The second kappa shape index (κ2) is 6.56. The van der Waals surface area contributed by atoms with E-state index in [1.54, 1.807) is 0 Å². The summed E-state index contributed by atoms with van der Waals surface area (Å²) in [6, 6.07) is 15.4. The largest absolute Gasteiger partial charge is 0.381 e. The van der Waals surface area contributed by atoms with E-state index in [-0.39, 0.29) is 0 Å². The second-order valence-corrected chi connectivity index (χ2v) is 5.79. The fourth-order valence-electron chi connectivity index (χ4n) is 3.44. The maximum Gasteiger partial charge on any atom is 0.0595 e. The van der Waals surface area contributed by atoms with E-state index in [4.69, 9.17) is 10.5 Å². The van der Waals surface area contributed by atoms with Crippen molar-refractivity contribution in [1.29, 1.82) is 0 Å². The number of nitrogens with zero attached hydrogens (tertiary/aromatic N) is 1. The summed E-state index contributed by atoms with van der Waals surface area (Å²) in [6.07, 6.45) is 2.60. The average molecular weight is 284 g/mol. The molecule has 0 aliphatic carbocycles. The van der Waals surface area contributed by atoms with Crippen molar-refractivity contribution in [3.63, 3.8) is 0 Å². The SMILES string of the molecule is COC1CCN(C(CN)c2cccc3ccccc23)CC1. The van der Waals surface area contributed by atoms with E-state index in [2.05, 4.69) is 47.4 Å². The number of ether oxygens (including phenoxy) is 1. The molecule has 3 nitrogen and oxygen atoms in total. The fraction of sp³-hybridized carbons (Fsp3) is 0.444. The van der Waals surface area contributed by atoms with Gasteiger partial charge in [0.2, 0.25) is 0 Å². The van der Waals surface area contributed by atoms with Crippen molar-refractivity contribution in [2.24, 2.45) is 5.73 Å². The molecule has 1 heterocycles. The first-order valence-electron chi connectivity index (χ1n) is 7.78. The lowest BCUT2D eigenvalue weighted by atomic mass is 9.95. The maximum atomic E-state index is 6.12. The van der Waals surface area contributed by atoms with Gasteiger partial charge >= 0.3 is 0 Å². The molecule has 2 aromatic rings. The third-order valence-electron chi connectivity index (χ3n) is 4.66. The topological polar surface area (TPSA) is 38.5 Å². The Balaban J connectivity index is 1.88. The molecule has 0 radical (unpaired) electrons. The summed E-state index contributed by atoms with van der Waals surface area (Å²) in [5.41, 5.74) is 7.47. The second-order valence-electron chi connectivity index (χ2n) is 5.79. The normalized spacial score (nSPS) is 19.0. The minimum absolute atomic E-state index is 0.300. The van der Waals surface area contributed by atoms with Gasteiger partial charge in [-0.15, -0.1) is 0 Å². The van der Waals surface area contributed by atoms with Gasteiger partial charge in [-0.05, 0) is 29.2 Å². The van der Waals surface area contributed by atoms with E-state index in [1.165, 1.54) is 16.3 Å². The highest BCUT2D eigenvalue weighted by Gasteiger charge is 2.26. The quantitative estimate of drug-likeness (QED) is 0.938. The van der Waals surface area contributed by atoms with Gasteiger partial charge in [0.25, 0.3) is 0 Å². The van der Waals surface area contributed by atoms with Crippen LogP contribution in [0.1, 0.15) is 24.4 Å². The fourth-order valence-corrected chi connectivity index (χ4v) is 3.44. The molecule has 2 N–H and O–H groups in total. The third kappa shape index (κ3) is 2.95. The van der Waals surface area contributed by atoms with Crippen LogP contribution in [0.5, 0.6) is 0 Å². The van der Waals surface area contributed by atoms with Gasteiger partial charge in [0, 0.05) is 32.8 Å². The number of likely N-dealkylation sites (tertiary alicyclic amines) is 1. The van der Waals surface area contributed by atoms with E-state index < -0.39 is 0 Å². The van der Waals surface area contributed by atoms with Crippen LogP contribution in [0.25, 0.3) is 10.8 Å². The van der Waals surface area contributed by atoms with Crippen LogP contribution in [0.15, 0.2) is 42.5 Å². The van der Waals surface area contributed by atoms with Crippen molar-refractivity contribution in [2.75, 3.05) is 26.7 Å². The Kier molecular flexibility index (Phi) is 4.54. The van der Waals surface area contributed by atoms with Crippen molar-refractivity contribution < 1.29 is 4.74 Å². The van der Waals surface area contributed by atoms with Crippen LogP contribution >= 0.6 is 0 Å².